The maximum Gasteiger partial charge on any atom is 0.315 e. The number of ether oxygens (including phenoxy) is 1. The molecule has 256 valence electrons. The highest BCUT2D eigenvalue weighted by Gasteiger charge is 2.70. The molecule has 4 rings (SSSR count). The molecule has 2 aliphatic heterocycles. The fraction of sp³-hybridized carbons (Fsp3) is 0.781. The third-order valence-corrected chi connectivity index (χ3v) is 10.1. The van der Waals surface area contributed by atoms with Crippen molar-refractivity contribution in [1.29, 1.82) is 0 Å². The Balaban J connectivity index is 1.52. The van der Waals surface area contributed by atoms with E-state index >= 15 is 0 Å². The summed E-state index contributed by atoms with van der Waals surface area (Å²) in [4.78, 5) is 93.3. The van der Waals surface area contributed by atoms with Gasteiger partial charge >= 0.3 is 6.03 Å². The number of carbonyl (C=O) groups is 7. The molecule has 0 aromatic rings. The number of nitrogens with zero attached hydrogens (tertiary/aromatic N) is 2. The van der Waals surface area contributed by atoms with Gasteiger partial charge in [-0.3, -0.25) is 33.7 Å². The first-order valence-electron chi connectivity index (χ1n) is 16.1. The molecule has 4 fully saturated rings. The zero-order valence-corrected chi connectivity index (χ0v) is 28.2. The third kappa shape index (κ3) is 7.53. The van der Waals surface area contributed by atoms with Crippen LogP contribution in [0.15, 0.2) is 0 Å². The number of Topliss-reactive ketones (excluding diaryl/α,β-unsaturated/α-hetero) is 1. The Hall–Kier alpha value is -3.55. The first-order chi connectivity index (χ1) is 21.1. The van der Waals surface area contributed by atoms with Crippen LogP contribution in [0.4, 0.5) is 4.79 Å². The number of primary amides is 1. The van der Waals surface area contributed by atoms with E-state index in [-0.39, 0.29) is 42.9 Å². The number of carbonyl (C=O) groups excluding carboxylic acids is 7. The van der Waals surface area contributed by atoms with Crippen molar-refractivity contribution >= 4 is 41.4 Å². The first-order valence-corrected chi connectivity index (χ1v) is 16.1. The van der Waals surface area contributed by atoms with E-state index in [0.717, 1.165) is 17.7 Å². The highest BCUT2D eigenvalue weighted by molar-refractivity contribution is 6.37. The van der Waals surface area contributed by atoms with Crippen molar-refractivity contribution in [2.75, 3.05) is 26.3 Å². The maximum absolute atomic E-state index is 14.3. The highest BCUT2D eigenvalue weighted by atomic mass is 16.5. The zero-order valence-electron chi connectivity index (χ0n) is 28.2. The molecule has 4 aliphatic rings. The van der Waals surface area contributed by atoms with Gasteiger partial charge in [0.1, 0.15) is 25.3 Å². The summed E-state index contributed by atoms with van der Waals surface area (Å²) in [5, 5.41) is 8.42. The second-order valence-corrected chi connectivity index (χ2v) is 16.1. The molecule has 2 saturated carbocycles. The molecule has 1 unspecified atom stereocenters. The average Bonchev–Trinajstić information content (AvgIpc) is 3.78. The smallest absolute Gasteiger partial charge is 0.315 e. The molecule has 6 atom stereocenters. The Labute approximate surface area is 270 Å². The molecular formula is C32H50N6O8. The van der Waals surface area contributed by atoms with Gasteiger partial charge in [0.05, 0.1) is 12.1 Å². The molecule has 14 nitrogen and oxygen atoms in total. The number of hydrogen-bond acceptors (Lipinski definition) is 8. The zero-order chi connectivity index (χ0) is 34.5. The fourth-order valence-electron chi connectivity index (χ4n) is 6.75. The van der Waals surface area contributed by atoms with Gasteiger partial charge in [0.2, 0.25) is 17.6 Å². The molecule has 0 bridgehead atoms. The van der Waals surface area contributed by atoms with Gasteiger partial charge in [0.15, 0.2) is 0 Å². The summed E-state index contributed by atoms with van der Waals surface area (Å²) in [6.45, 7) is 14.8. The number of likely N-dealkylation sites (tertiary alicyclic amines) is 1. The van der Waals surface area contributed by atoms with E-state index in [1.165, 1.54) is 4.90 Å². The molecule has 0 spiro atoms. The number of hydrogen-bond donors (Lipinski definition) is 4. The quantitative estimate of drug-likeness (QED) is 0.182. The largest absolute Gasteiger partial charge is 0.363 e. The van der Waals surface area contributed by atoms with Gasteiger partial charge in [-0.15, -0.1) is 0 Å². The lowest BCUT2D eigenvalue weighted by Crippen LogP contribution is -2.63. The molecule has 2 aliphatic carbocycles. The molecule has 2 saturated heterocycles. The van der Waals surface area contributed by atoms with Crippen LogP contribution in [0.2, 0.25) is 0 Å². The Morgan fingerprint density at radius 1 is 0.935 bits per heavy atom. The maximum atomic E-state index is 14.3. The van der Waals surface area contributed by atoms with E-state index in [0.29, 0.717) is 13.0 Å². The summed E-state index contributed by atoms with van der Waals surface area (Å²) in [5.74, 6) is -3.82. The van der Waals surface area contributed by atoms with Gasteiger partial charge in [0, 0.05) is 13.1 Å². The SMILES string of the molecule is CC(C)(C)[C@H](NC(=O)N[C@H](CN1C(=O)COCC1=O)C(C)(C)C)C(=O)N1C[C@H]2[C@@H]([C@H]1C(=O)NC(CC1CC1)C(=O)C(N)=O)C2(C)C. The summed E-state index contributed by atoms with van der Waals surface area (Å²) < 4.78 is 5.00. The Morgan fingerprint density at radius 3 is 2.02 bits per heavy atom. The van der Waals surface area contributed by atoms with Crippen LogP contribution >= 0.6 is 0 Å². The van der Waals surface area contributed by atoms with Crippen LogP contribution in [0.3, 0.4) is 0 Å². The topological polar surface area (TPSA) is 197 Å². The minimum absolute atomic E-state index is 0.0456. The lowest BCUT2D eigenvalue weighted by atomic mass is 9.84. The molecule has 46 heavy (non-hydrogen) atoms. The number of piperidine rings is 1. The number of urea groups is 1. The number of ketones is 1. The predicted octanol–water partition coefficient (Wildman–Crippen LogP) is 0.323. The monoisotopic (exact) mass is 646 g/mol. The molecule has 0 aromatic carbocycles. The van der Waals surface area contributed by atoms with Gasteiger partial charge in [-0.1, -0.05) is 68.2 Å². The summed E-state index contributed by atoms with van der Waals surface area (Å²) in [5.41, 5.74) is 3.73. The van der Waals surface area contributed by atoms with E-state index in [2.05, 4.69) is 16.0 Å². The van der Waals surface area contributed by atoms with Gasteiger partial charge in [-0.25, -0.2) is 4.79 Å². The fourth-order valence-corrected chi connectivity index (χ4v) is 6.75. The number of amides is 7. The van der Waals surface area contributed by atoms with Crippen molar-refractivity contribution < 1.29 is 38.3 Å². The van der Waals surface area contributed by atoms with Crippen molar-refractivity contribution in [3.05, 3.63) is 0 Å². The van der Waals surface area contributed by atoms with Crippen LogP contribution < -0.4 is 21.7 Å². The summed E-state index contributed by atoms with van der Waals surface area (Å²) >= 11 is 0. The second kappa shape index (κ2) is 12.6. The number of rotatable bonds is 11. The van der Waals surface area contributed by atoms with Crippen LogP contribution in [0.25, 0.3) is 0 Å². The van der Waals surface area contributed by atoms with Crippen molar-refractivity contribution in [3.63, 3.8) is 0 Å². The molecule has 0 aromatic heterocycles. The van der Waals surface area contributed by atoms with Crippen LogP contribution in [0.5, 0.6) is 0 Å². The Bertz CT molecular complexity index is 1280. The van der Waals surface area contributed by atoms with Crippen molar-refractivity contribution in [1.82, 2.24) is 25.8 Å². The number of morpholine rings is 1. The number of nitrogens with two attached hydrogens (primary N) is 1. The van der Waals surface area contributed by atoms with Crippen LogP contribution in [0.1, 0.15) is 74.7 Å². The molecular weight excluding hydrogens is 596 g/mol. The van der Waals surface area contributed by atoms with Gasteiger partial charge < -0.3 is 31.3 Å². The lowest BCUT2D eigenvalue weighted by Gasteiger charge is -2.39. The van der Waals surface area contributed by atoms with Gasteiger partial charge in [-0.05, 0) is 40.4 Å². The van der Waals surface area contributed by atoms with E-state index < -0.39 is 76.3 Å². The normalized spacial score (nSPS) is 26.0. The number of nitrogens with one attached hydrogen (secondary N) is 3. The average molecular weight is 647 g/mol. The molecule has 5 N–H and O–H groups in total. The molecule has 0 radical (unpaired) electrons. The van der Waals surface area contributed by atoms with Crippen molar-refractivity contribution in [2.24, 2.45) is 39.7 Å². The standard InChI is InChI=1S/C32H50N6O8/c1-30(2,3)19(13-37-20(39)14-46-15-21(37)40)35-29(45)36-25(31(4,5)6)28(44)38-12-17-22(32(17,7)8)23(38)27(43)34-18(11-16-9-10-16)24(41)26(33)42/h16-19,22-23,25H,9-15H2,1-8H3,(H2,33,42)(H,34,43)(H2,35,36,45)/t17-,18?,19+,22-,23-,25+/m0/s1. The second-order valence-electron chi connectivity index (χ2n) is 16.1. The molecule has 14 heteroatoms. The lowest BCUT2D eigenvalue weighted by molar-refractivity contribution is -0.159. The minimum atomic E-state index is -1.12. The summed E-state index contributed by atoms with van der Waals surface area (Å²) in [6, 6.07) is -4.32. The van der Waals surface area contributed by atoms with Crippen molar-refractivity contribution in [2.45, 2.75) is 98.8 Å². The Morgan fingerprint density at radius 2 is 1.52 bits per heavy atom. The van der Waals surface area contributed by atoms with E-state index in [4.69, 9.17) is 10.5 Å². The predicted molar refractivity (Wildman–Crippen MR) is 165 cm³/mol. The summed E-state index contributed by atoms with van der Waals surface area (Å²) in [7, 11) is 0. The van der Waals surface area contributed by atoms with Crippen LogP contribution in [-0.2, 0) is 33.5 Å². The van der Waals surface area contributed by atoms with Crippen LogP contribution in [0, 0.1) is 34.0 Å². The molecule has 2 heterocycles. The van der Waals surface area contributed by atoms with E-state index in [1.54, 1.807) is 20.8 Å². The molecule has 7 amide bonds. The van der Waals surface area contributed by atoms with E-state index in [9.17, 15) is 33.6 Å². The van der Waals surface area contributed by atoms with E-state index in [1.807, 2.05) is 34.6 Å². The van der Waals surface area contributed by atoms with Crippen molar-refractivity contribution in [3.8, 4) is 0 Å². The highest BCUT2D eigenvalue weighted by Crippen LogP contribution is 2.65. The van der Waals surface area contributed by atoms with Crippen LogP contribution in [-0.4, -0.2) is 102 Å². The third-order valence-electron chi connectivity index (χ3n) is 10.1. The van der Waals surface area contributed by atoms with Gasteiger partial charge in [0.25, 0.3) is 17.7 Å². The summed E-state index contributed by atoms with van der Waals surface area (Å²) in [6.07, 6.45) is 2.12. The number of imide groups is 1. The first kappa shape index (κ1) is 35.3. The van der Waals surface area contributed by atoms with Gasteiger partial charge in [-0.2, -0.15) is 0 Å². The minimum Gasteiger partial charge on any atom is -0.363 e. The number of fused-ring (bicyclic) bond motifs is 1. The Kier molecular flexibility index (Phi) is 9.65.